The second kappa shape index (κ2) is 5.25. The van der Waals surface area contributed by atoms with Gasteiger partial charge >= 0.3 is 0 Å². The summed E-state index contributed by atoms with van der Waals surface area (Å²) in [7, 11) is 0. The van der Waals surface area contributed by atoms with Crippen molar-refractivity contribution in [2.45, 2.75) is 55.0 Å². The van der Waals surface area contributed by atoms with Gasteiger partial charge in [-0.05, 0) is 43.9 Å². The van der Waals surface area contributed by atoms with Gasteiger partial charge in [0.05, 0.1) is 3.23 Å². The molecule has 0 spiro atoms. The van der Waals surface area contributed by atoms with Crippen LogP contribution in [0.15, 0.2) is 0 Å². The smallest absolute Gasteiger partial charge is 0.157 e. The highest BCUT2D eigenvalue weighted by Gasteiger charge is 2.60. The van der Waals surface area contributed by atoms with Crippen molar-refractivity contribution in [3.63, 3.8) is 0 Å². The molecular formula is C12H20Br2O2. The fourth-order valence-electron chi connectivity index (χ4n) is 2.24. The summed E-state index contributed by atoms with van der Waals surface area (Å²) >= 11 is 7.38. The van der Waals surface area contributed by atoms with E-state index in [1.807, 2.05) is 0 Å². The van der Waals surface area contributed by atoms with Crippen molar-refractivity contribution in [2.75, 3.05) is 13.2 Å². The van der Waals surface area contributed by atoms with Crippen molar-refractivity contribution < 1.29 is 9.47 Å². The molecule has 0 N–H and O–H groups in total. The lowest BCUT2D eigenvalue weighted by atomic mass is 10.0. The lowest BCUT2D eigenvalue weighted by Gasteiger charge is -2.23. The van der Waals surface area contributed by atoms with E-state index in [2.05, 4.69) is 38.8 Å². The lowest BCUT2D eigenvalue weighted by molar-refractivity contribution is -0.163. The number of rotatable bonds is 5. The van der Waals surface area contributed by atoms with Gasteiger partial charge < -0.3 is 9.47 Å². The van der Waals surface area contributed by atoms with Crippen molar-refractivity contribution in [3.05, 3.63) is 0 Å². The summed E-state index contributed by atoms with van der Waals surface area (Å²) in [6, 6.07) is 0. The van der Waals surface area contributed by atoms with Crippen LogP contribution in [0.1, 0.15) is 45.4 Å². The fourth-order valence-corrected chi connectivity index (χ4v) is 3.87. The third-order valence-electron chi connectivity index (χ3n) is 3.68. The zero-order valence-electron chi connectivity index (χ0n) is 9.81. The predicted octanol–water partition coefficient (Wildman–Crippen LogP) is 4.21. The van der Waals surface area contributed by atoms with Gasteiger partial charge in [-0.15, -0.1) is 0 Å². The molecule has 2 unspecified atom stereocenters. The Morgan fingerprint density at radius 2 is 2.12 bits per heavy atom. The Kier molecular flexibility index (Phi) is 4.37. The van der Waals surface area contributed by atoms with Crippen LogP contribution in [-0.2, 0) is 9.47 Å². The standard InChI is InChI=1S/C12H20Br2O2/c1-11(9-12(11,13)14)6-4-8-16-10-5-2-3-7-15-10/h10H,2-9H2,1H3. The van der Waals surface area contributed by atoms with E-state index in [4.69, 9.17) is 9.47 Å². The number of hydrogen-bond acceptors (Lipinski definition) is 2. The minimum atomic E-state index is 0.0680. The van der Waals surface area contributed by atoms with Crippen molar-refractivity contribution in [1.82, 2.24) is 0 Å². The Hall–Kier alpha value is 0.880. The van der Waals surface area contributed by atoms with Gasteiger partial charge in [0.25, 0.3) is 0 Å². The van der Waals surface area contributed by atoms with Gasteiger partial charge in [-0.3, -0.25) is 0 Å². The molecule has 1 aliphatic carbocycles. The maximum absolute atomic E-state index is 5.72. The first-order chi connectivity index (χ1) is 7.54. The van der Waals surface area contributed by atoms with Gasteiger partial charge in [0.15, 0.2) is 6.29 Å². The monoisotopic (exact) mass is 354 g/mol. The van der Waals surface area contributed by atoms with E-state index in [-0.39, 0.29) is 9.52 Å². The Morgan fingerprint density at radius 3 is 2.69 bits per heavy atom. The molecular weight excluding hydrogens is 336 g/mol. The first-order valence-electron chi connectivity index (χ1n) is 6.15. The van der Waals surface area contributed by atoms with Crippen molar-refractivity contribution in [3.8, 4) is 0 Å². The van der Waals surface area contributed by atoms with Gasteiger partial charge in [-0.1, -0.05) is 38.8 Å². The summed E-state index contributed by atoms with van der Waals surface area (Å²) in [6.45, 7) is 4.01. The maximum atomic E-state index is 5.72. The molecule has 94 valence electrons. The molecule has 4 heteroatoms. The van der Waals surface area contributed by atoms with E-state index >= 15 is 0 Å². The van der Waals surface area contributed by atoms with E-state index in [1.54, 1.807) is 0 Å². The third kappa shape index (κ3) is 3.21. The summed E-state index contributed by atoms with van der Waals surface area (Å²) in [5.74, 6) is 0. The SMILES string of the molecule is CC1(CCCOC2CCCCO2)CC1(Br)Br. The first-order valence-corrected chi connectivity index (χ1v) is 7.73. The largest absolute Gasteiger partial charge is 0.353 e. The Bertz CT molecular complexity index is 239. The van der Waals surface area contributed by atoms with Crippen molar-refractivity contribution in [1.29, 1.82) is 0 Å². The van der Waals surface area contributed by atoms with Crippen LogP contribution in [0.5, 0.6) is 0 Å². The summed E-state index contributed by atoms with van der Waals surface area (Å²) in [4.78, 5) is 0. The van der Waals surface area contributed by atoms with Gasteiger partial charge in [0, 0.05) is 13.2 Å². The van der Waals surface area contributed by atoms with Crippen LogP contribution in [0.25, 0.3) is 0 Å². The molecule has 0 bridgehead atoms. The second-order valence-electron chi connectivity index (χ2n) is 5.21. The molecule has 2 fully saturated rings. The Balaban J connectivity index is 1.55. The highest BCUT2D eigenvalue weighted by atomic mass is 79.9. The van der Waals surface area contributed by atoms with Crippen LogP contribution in [0, 0.1) is 5.41 Å². The van der Waals surface area contributed by atoms with Gasteiger partial charge in [0.2, 0.25) is 0 Å². The summed E-state index contributed by atoms with van der Waals surface area (Å²) < 4.78 is 11.4. The van der Waals surface area contributed by atoms with Crippen molar-refractivity contribution in [2.24, 2.45) is 5.41 Å². The summed E-state index contributed by atoms with van der Waals surface area (Å²) in [5, 5.41) is 0. The van der Waals surface area contributed by atoms with E-state index in [9.17, 15) is 0 Å². The average Bonchev–Trinajstić information content (AvgIpc) is 2.75. The molecule has 1 aliphatic heterocycles. The van der Waals surface area contributed by atoms with Crippen LogP contribution >= 0.6 is 31.9 Å². The Morgan fingerprint density at radius 1 is 1.38 bits per heavy atom. The molecule has 0 aromatic carbocycles. The second-order valence-corrected chi connectivity index (χ2v) is 8.98. The zero-order valence-corrected chi connectivity index (χ0v) is 13.0. The zero-order chi connectivity index (χ0) is 11.6. The third-order valence-corrected chi connectivity index (χ3v) is 6.16. The molecule has 1 heterocycles. The quantitative estimate of drug-likeness (QED) is 0.543. The fraction of sp³-hybridized carbons (Fsp3) is 1.00. The average molecular weight is 356 g/mol. The van der Waals surface area contributed by atoms with Crippen molar-refractivity contribution >= 4 is 31.9 Å². The van der Waals surface area contributed by atoms with E-state index in [0.717, 1.165) is 26.1 Å². The van der Waals surface area contributed by atoms with E-state index in [1.165, 1.54) is 25.7 Å². The predicted molar refractivity (Wildman–Crippen MR) is 72.1 cm³/mol. The molecule has 1 saturated heterocycles. The van der Waals surface area contributed by atoms with Crippen LogP contribution < -0.4 is 0 Å². The molecule has 2 nitrogen and oxygen atoms in total. The molecule has 2 rings (SSSR count). The normalized spacial score (nSPS) is 37.3. The maximum Gasteiger partial charge on any atom is 0.157 e. The summed E-state index contributed by atoms with van der Waals surface area (Å²) in [6.07, 6.45) is 7.10. The highest BCUT2D eigenvalue weighted by molar-refractivity contribution is 9.25. The van der Waals surface area contributed by atoms with Gasteiger partial charge in [-0.2, -0.15) is 0 Å². The molecule has 0 amide bonds. The highest BCUT2D eigenvalue weighted by Crippen LogP contribution is 2.68. The molecule has 0 aromatic rings. The van der Waals surface area contributed by atoms with Gasteiger partial charge in [0.1, 0.15) is 0 Å². The molecule has 0 aromatic heterocycles. The number of hydrogen-bond donors (Lipinski definition) is 0. The minimum Gasteiger partial charge on any atom is -0.353 e. The van der Waals surface area contributed by atoms with Crippen LogP contribution in [0.4, 0.5) is 0 Å². The minimum absolute atomic E-state index is 0.0680. The first kappa shape index (κ1) is 13.3. The molecule has 2 atom stereocenters. The van der Waals surface area contributed by atoms with E-state index in [0.29, 0.717) is 5.41 Å². The van der Waals surface area contributed by atoms with Crippen LogP contribution in [-0.4, -0.2) is 22.7 Å². The van der Waals surface area contributed by atoms with Crippen LogP contribution in [0.3, 0.4) is 0 Å². The lowest BCUT2D eigenvalue weighted by Crippen LogP contribution is -2.22. The topological polar surface area (TPSA) is 18.5 Å². The molecule has 1 saturated carbocycles. The number of alkyl halides is 2. The number of ether oxygens (including phenoxy) is 2. The molecule has 2 aliphatic rings. The molecule has 0 radical (unpaired) electrons. The summed E-state index contributed by atoms with van der Waals surface area (Å²) in [5.41, 5.74) is 0.407. The van der Waals surface area contributed by atoms with E-state index < -0.39 is 0 Å². The van der Waals surface area contributed by atoms with Crippen LogP contribution in [0.2, 0.25) is 0 Å². The Labute approximate surface area is 115 Å². The molecule has 16 heavy (non-hydrogen) atoms. The van der Waals surface area contributed by atoms with Gasteiger partial charge in [-0.25, -0.2) is 0 Å². The number of halogens is 2.